The van der Waals surface area contributed by atoms with Gasteiger partial charge in [0.05, 0.1) is 0 Å². The van der Waals surface area contributed by atoms with Gasteiger partial charge in [-0.15, -0.1) is 0 Å². The predicted octanol–water partition coefficient (Wildman–Crippen LogP) is 0.690. The summed E-state index contributed by atoms with van der Waals surface area (Å²) in [5, 5.41) is 11.7. The number of carbonyl (C=O) groups excluding carboxylic acids is 1. The summed E-state index contributed by atoms with van der Waals surface area (Å²) in [5.41, 5.74) is -0.0526. The Morgan fingerprint density at radius 3 is 2.87 bits per heavy atom. The van der Waals surface area contributed by atoms with Gasteiger partial charge < -0.3 is 15.2 Å². The van der Waals surface area contributed by atoms with Gasteiger partial charge in [0.15, 0.2) is 0 Å². The summed E-state index contributed by atoms with van der Waals surface area (Å²) < 4.78 is 5.28. The maximum atomic E-state index is 11.6. The van der Waals surface area contributed by atoms with Gasteiger partial charge in [0.2, 0.25) is 5.91 Å². The second-order valence-corrected chi connectivity index (χ2v) is 4.86. The molecule has 1 rings (SSSR count). The molecule has 0 bridgehead atoms. The highest BCUT2D eigenvalue weighted by Crippen LogP contribution is 2.18. The van der Waals surface area contributed by atoms with Crippen molar-refractivity contribution >= 4 is 5.91 Å². The lowest BCUT2D eigenvalue weighted by Gasteiger charge is -2.24. The number of nitrogens with one attached hydrogen (secondary N) is 1. The largest absolute Gasteiger partial charge is 0.396 e. The monoisotopic (exact) mass is 215 g/mol. The Balaban J connectivity index is 2.26. The van der Waals surface area contributed by atoms with Gasteiger partial charge in [0.1, 0.15) is 6.10 Å². The Bertz CT molecular complexity index is 210. The molecule has 0 spiro atoms. The summed E-state index contributed by atoms with van der Waals surface area (Å²) in [7, 11) is 0. The number of ether oxygens (including phenoxy) is 1. The summed E-state index contributed by atoms with van der Waals surface area (Å²) in [6.07, 6.45) is 2.23. The van der Waals surface area contributed by atoms with Crippen LogP contribution in [0.3, 0.4) is 0 Å². The quantitative estimate of drug-likeness (QED) is 0.709. The molecule has 1 unspecified atom stereocenters. The number of hydrogen-bond acceptors (Lipinski definition) is 3. The fourth-order valence-electron chi connectivity index (χ4n) is 1.62. The maximum absolute atomic E-state index is 11.6. The first kappa shape index (κ1) is 12.5. The molecule has 1 heterocycles. The van der Waals surface area contributed by atoms with Gasteiger partial charge in [-0.1, -0.05) is 13.8 Å². The van der Waals surface area contributed by atoms with Crippen LogP contribution in [0.25, 0.3) is 0 Å². The first-order chi connectivity index (χ1) is 7.05. The van der Waals surface area contributed by atoms with Gasteiger partial charge >= 0.3 is 0 Å². The first-order valence-corrected chi connectivity index (χ1v) is 5.55. The van der Waals surface area contributed by atoms with E-state index in [2.05, 4.69) is 5.32 Å². The Morgan fingerprint density at radius 1 is 1.60 bits per heavy atom. The van der Waals surface area contributed by atoms with Crippen molar-refractivity contribution in [3.63, 3.8) is 0 Å². The standard InChI is InChI=1S/C11H21NO3/c1-11(2,5-6-13)8-12-10(14)9-4-3-7-15-9/h9,13H,3-8H2,1-2H3,(H,12,14). The van der Waals surface area contributed by atoms with E-state index in [4.69, 9.17) is 9.84 Å². The van der Waals surface area contributed by atoms with Gasteiger partial charge in [-0.05, 0) is 24.7 Å². The van der Waals surface area contributed by atoms with Crippen LogP contribution in [-0.4, -0.2) is 36.9 Å². The van der Waals surface area contributed by atoms with Crippen molar-refractivity contribution in [1.29, 1.82) is 0 Å². The average Bonchev–Trinajstić information content (AvgIpc) is 2.67. The number of rotatable bonds is 5. The van der Waals surface area contributed by atoms with Crippen LogP contribution in [0.2, 0.25) is 0 Å². The summed E-state index contributed by atoms with van der Waals surface area (Å²) in [6, 6.07) is 0. The molecule has 1 aliphatic rings. The van der Waals surface area contributed by atoms with E-state index in [1.54, 1.807) is 0 Å². The van der Waals surface area contributed by atoms with Crippen molar-refractivity contribution in [2.24, 2.45) is 5.41 Å². The molecule has 1 amide bonds. The van der Waals surface area contributed by atoms with Gasteiger partial charge in [-0.2, -0.15) is 0 Å². The van der Waals surface area contributed by atoms with Crippen LogP contribution in [0, 0.1) is 5.41 Å². The van der Waals surface area contributed by atoms with Crippen LogP contribution >= 0.6 is 0 Å². The summed E-state index contributed by atoms with van der Waals surface area (Å²) in [4.78, 5) is 11.6. The Hall–Kier alpha value is -0.610. The molecule has 1 aliphatic heterocycles. The van der Waals surface area contributed by atoms with E-state index in [1.807, 2.05) is 13.8 Å². The van der Waals surface area contributed by atoms with Crippen LogP contribution in [-0.2, 0) is 9.53 Å². The highest BCUT2D eigenvalue weighted by molar-refractivity contribution is 5.80. The Kier molecular flexibility index (Phi) is 4.54. The zero-order valence-electron chi connectivity index (χ0n) is 9.58. The van der Waals surface area contributed by atoms with E-state index in [0.29, 0.717) is 19.6 Å². The van der Waals surface area contributed by atoms with Gasteiger partial charge in [0, 0.05) is 19.8 Å². The molecule has 4 nitrogen and oxygen atoms in total. The molecular formula is C11H21NO3. The summed E-state index contributed by atoms with van der Waals surface area (Å²) >= 11 is 0. The number of aliphatic hydroxyl groups is 1. The number of amides is 1. The lowest BCUT2D eigenvalue weighted by molar-refractivity contribution is -0.130. The molecule has 2 N–H and O–H groups in total. The number of aliphatic hydroxyl groups excluding tert-OH is 1. The van der Waals surface area contributed by atoms with Crippen molar-refractivity contribution in [3.8, 4) is 0 Å². The van der Waals surface area contributed by atoms with E-state index in [0.717, 1.165) is 12.8 Å². The van der Waals surface area contributed by atoms with Gasteiger partial charge in [-0.3, -0.25) is 4.79 Å². The molecule has 15 heavy (non-hydrogen) atoms. The van der Waals surface area contributed by atoms with Crippen LogP contribution < -0.4 is 5.32 Å². The normalized spacial score (nSPS) is 21.7. The van der Waals surface area contributed by atoms with E-state index in [-0.39, 0.29) is 24.0 Å². The number of carbonyl (C=O) groups is 1. The van der Waals surface area contributed by atoms with E-state index < -0.39 is 0 Å². The fourth-order valence-corrected chi connectivity index (χ4v) is 1.62. The molecule has 4 heteroatoms. The molecule has 0 aromatic rings. The molecule has 1 fully saturated rings. The maximum Gasteiger partial charge on any atom is 0.249 e. The second-order valence-electron chi connectivity index (χ2n) is 4.86. The lowest BCUT2D eigenvalue weighted by Crippen LogP contribution is -2.40. The summed E-state index contributed by atoms with van der Waals surface area (Å²) in [5.74, 6) is -0.0153. The fraction of sp³-hybridized carbons (Fsp3) is 0.909. The van der Waals surface area contributed by atoms with Gasteiger partial charge in [-0.25, -0.2) is 0 Å². The lowest BCUT2D eigenvalue weighted by atomic mass is 9.89. The Labute approximate surface area is 91.0 Å². The van der Waals surface area contributed by atoms with Crippen LogP contribution in [0.4, 0.5) is 0 Å². The highest BCUT2D eigenvalue weighted by Gasteiger charge is 2.25. The van der Waals surface area contributed by atoms with E-state index in [1.165, 1.54) is 0 Å². The van der Waals surface area contributed by atoms with Crippen LogP contribution in [0.1, 0.15) is 33.1 Å². The number of hydrogen-bond donors (Lipinski definition) is 2. The zero-order valence-corrected chi connectivity index (χ0v) is 9.58. The minimum Gasteiger partial charge on any atom is -0.396 e. The zero-order chi connectivity index (χ0) is 11.3. The van der Waals surface area contributed by atoms with Crippen molar-refractivity contribution < 1.29 is 14.6 Å². The van der Waals surface area contributed by atoms with E-state index in [9.17, 15) is 4.79 Å². The van der Waals surface area contributed by atoms with Crippen molar-refractivity contribution in [2.45, 2.75) is 39.2 Å². The molecule has 0 aromatic carbocycles. The van der Waals surface area contributed by atoms with Crippen molar-refractivity contribution in [1.82, 2.24) is 5.32 Å². The molecule has 88 valence electrons. The van der Waals surface area contributed by atoms with Crippen LogP contribution in [0.5, 0.6) is 0 Å². The smallest absolute Gasteiger partial charge is 0.249 e. The van der Waals surface area contributed by atoms with E-state index >= 15 is 0 Å². The molecule has 0 radical (unpaired) electrons. The topological polar surface area (TPSA) is 58.6 Å². The van der Waals surface area contributed by atoms with Crippen LogP contribution in [0.15, 0.2) is 0 Å². The van der Waals surface area contributed by atoms with Crippen molar-refractivity contribution in [3.05, 3.63) is 0 Å². The molecule has 0 aliphatic carbocycles. The molecule has 0 aromatic heterocycles. The average molecular weight is 215 g/mol. The minimum absolute atomic E-state index is 0.0153. The second kappa shape index (κ2) is 5.47. The third kappa shape index (κ3) is 4.18. The Morgan fingerprint density at radius 2 is 2.33 bits per heavy atom. The first-order valence-electron chi connectivity index (χ1n) is 5.55. The third-order valence-electron chi connectivity index (χ3n) is 2.75. The summed E-state index contributed by atoms with van der Waals surface area (Å²) in [6.45, 7) is 5.49. The molecular weight excluding hydrogens is 194 g/mol. The molecule has 1 saturated heterocycles. The van der Waals surface area contributed by atoms with Crippen molar-refractivity contribution in [2.75, 3.05) is 19.8 Å². The predicted molar refractivity (Wildman–Crippen MR) is 57.5 cm³/mol. The SMILES string of the molecule is CC(C)(CCO)CNC(=O)C1CCCO1. The van der Waals surface area contributed by atoms with Gasteiger partial charge in [0.25, 0.3) is 0 Å². The highest BCUT2D eigenvalue weighted by atomic mass is 16.5. The minimum atomic E-state index is -0.255. The molecule has 0 saturated carbocycles. The molecule has 1 atom stereocenters. The third-order valence-corrected chi connectivity index (χ3v) is 2.75.